The number of nitriles is 1. The highest BCUT2D eigenvalue weighted by molar-refractivity contribution is 6.31. The Morgan fingerprint density at radius 1 is 1.54 bits per heavy atom. The maximum atomic E-state index is 8.45. The first-order valence-corrected chi connectivity index (χ1v) is 4.20. The lowest BCUT2D eigenvalue weighted by atomic mass is 10.1. The summed E-state index contributed by atoms with van der Waals surface area (Å²) in [6.45, 7) is 0. The summed E-state index contributed by atoms with van der Waals surface area (Å²) >= 11 is 5.89. The smallest absolute Gasteiger partial charge is 0.0641 e. The van der Waals surface area contributed by atoms with E-state index in [1.54, 1.807) is 18.2 Å². The van der Waals surface area contributed by atoms with Gasteiger partial charge in [-0.15, -0.1) is 0 Å². The third-order valence-corrected chi connectivity index (χ3v) is 2.06. The molecule has 0 saturated carbocycles. The van der Waals surface area contributed by atoms with E-state index in [0.717, 1.165) is 5.56 Å². The van der Waals surface area contributed by atoms with Gasteiger partial charge in [-0.05, 0) is 17.7 Å². The second-order valence-corrected chi connectivity index (χ2v) is 3.16. The first-order chi connectivity index (χ1) is 6.15. The van der Waals surface area contributed by atoms with Crippen molar-refractivity contribution in [2.75, 3.05) is 5.73 Å². The van der Waals surface area contributed by atoms with E-state index in [1.807, 2.05) is 6.07 Å². The Bertz CT molecular complexity index is 343. The molecule has 0 aliphatic heterocycles. The molecule has 1 aromatic rings. The molecule has 4 N–H and O–H groups in total. The van der Waals surface area contributed by atoms with Crippen molar-refractivity contribution in [1.82, 2.24) is 0 Å². The number of rotatable bonds is 2. The van der Waals surface area contributed by atoms with Crippen LogP contribution in [0.2, 0.25) is 5.02 Å². The molecule has 0 fully saturated rings. The summed E-state index contributed by atoms with van der Waals surface area (Å²) in [6, 6.07) is 6.76. The molecule has 0 aliphatic rings. The van der Waals surface area contributed by atoms with Crippen LogP contribution in [-0.4, -0.2) is 0 Å². The van der Waals surface area contributed by atoms with Gasteiger partial charge in [-0.25, -0.2) is 0 Å². The minimum absolute atomic E-state index is 0.254. The fourth-order valence-corrected chi connectivity index (χ4v) is 1.38. The largest absolute Gasteiger partial charge is 0.399 e. The van der Waals surface area contributed by atoms with Crippen molar-refractivity contribution in [1.29, 1.82) is 5.26 Å². The Kier molecular flexibility index (Phi) is 3.13. The van der Waals surface area contributed by atoms with Crippen LogP contribution in [0.15, 0.2) is 18.2 Å². The van der Waals surface area contributed by atoms with Crippen molar-refractivity contribution < 1.29 is 0 Å². The summed E-state index contributed by atoms with van der Waals surface area (Å²) in [6.07, 6.45) is 0.254. The van der Waals surface area contributed by atoms with Crippen LogP contribution in [0.5, 0.6) is 0 Å². The Balaban J connectivity index is 2.96. The van der Waals surface area contributed by atoms with Gasteiger partial charge in [0.05, 0.1) is 12.5 Å². The standard InChI is InChI=1S/C9H10ClN3/c10-8-5-6(12)1-2-7(8)9(13)3-4-11/h1-2,5,9H,3,12-13H2/t9-/m1/s1. The van der Waals surface area contributed by atoms with Gasteiger partial charge >= 0.3 is 0 Å². The molecule has 3 nitrogen and oxygen atoms in total. The molecular formula is C9H10ClN3. The van der Waals surface area contributed by atoms with Crippen LogP contribution in [0.4, 0.5) is 5.69 Å². The van der Waals surface area contributed by atoms with E-state index in [4.69, 9.17) is 28.3 Å². The zero-order valence-electron chi connectivity index (χ0n) is 7.00. The molecule has 4 heteroatoms. The highest BCUT2D eigenvalue weighted by Gasteiger charge is 2.09. The minimum Gasteiger partial charge on any atom is -0.399 e. The van der Waals surface area contributed by atoms with Gasteiger partial charge in [-0.2, -0.15) is 5.26 Å². The fraction of sp³-hybridized carbons (Fsp3) is 0.222. The van der Waals surface area contributed by atoms with Gasteiger partial charge in [-0.1, -0.05) is 17.7 Å². The average molecular weight is 196 g/mol. The number of nitrogen functional groups attached to an aromatic ring is 1. The third-order valence-electron chi connectivity index (χ3n) is 1.74. The van der Waals surface area contributed by atoms with E-state index in [1.165, 1.54) is 0 Å². The van der Waals surface area contributed by atoms with E-state index in [-0.39, 0.29) is 12.5 Å². The van der Waals surface area contributed by atoms with Gasteiger partial charge in [0.2, 0.25) is 0 Å². The Morgan fingerprint density at radius 2 is 2.23 bits per heavy atom. The molecule has 0 amide bonds. The Morgan fingerprint density at radius 3 is 2.77 bits per heavy atom. The highest BCUT2D eigenvalue weighted by Crippen LogP contribution is 2.25. The molecule has 0 unspecified atom stereocenters. The summed E-state index contributed by atoms with van der Waals surface area (Å²) in [7, 11) is 0. The minimum atomic E-state index is -0.335. The van der Waals surface area contributed by atoms with Crippen molar-refractivity contribution >= 4 is 17.3 Å². The lowest BCUT2D eigenvalue weighted by Gasteiger charge is -2.10. The summed E-state index contributed by atoms with van der Waals surface area (Å²) in [5, 5.41) is 8.96. The zero-order chi connectivity index (χ0) is 9.84. The molecule has 1 rings (SSSR count). The first kappa shape index (κ1) is 9.85. The Hall–Kier alpha value is -1.24. The lowest BCUT2D eigenvalue weighted by molar-refractivity contribution is 0.749. The summed E-state index contributed by atoms with van der Waals surface area (Å²) in [5.41, 5.74) is 12.6. The molecule has 0 aromatic heterocycles. The second kappa shape index (κ2) is 4.13. The highest BCUT2D eigenvalue weighted by atomic mass is 35.5. The van der Waals surface area contributed by atoms with Crippen molar-refractivity contribution in [3.8, 4) is 6.07 Å². The van der Waals surface area contributed by atoms with Crippen molar-refractivity contribution in [2.24, 2.45) is 5.73 Å². The van der Waals surface area contributed by atoms with Gasteiger partial charge in [0.25, 0.3) is 0 Å². The van der Waals surface area contributed by atoms with Crippen LogP contribution in [0, 0.1) is 11.3 Å². The summed E-state index contributed by atoms with van der Waals surface area (Å²) < 4.78 is 0. The normalized spacial score (nSPS) is 12.1. The monoisotopic (exact) mass is 195 g/mol. The number of nitrogens with zero attached hydrogens (tertiary/aromatic N) is 1. The van der Waals surface area contributed by atoms with E-state index in [9.17, 15) is 0 Å². The van der Waals surface area contributed by atoms with Crippen LogP contribution < -0.4 is 11.5 Å². The van der Waals surface area contributed by atoms with Gasteiger partial charge in [0.1, 0.15) is 0 Å². The van der Waals surface area contributed by atoms with Crippen LogP contribution in [0.25, 0.3) is 0 Å². The molecule has 0 saturated heterocycles. The maximum Gasteiger partial charge on any atom is 0.0641 e. The predicted octanol–water partition coefficient (Wildman–Crippen LogP) is 1.84. The third kappa shape index (κ3) is 2.35. The molecule has 1 aromatic carbocycles. The van der Waals surface area contributed by atoms with Crippen molar-refractivity contribution in [2.45, 2.75) is 12.5 Å². The quantitative estimate of drug-likeness (QED) is 0.707. The molecule has 0 radical (unpaired) electrons. The van der Waals surface area contributed by atoms with Crippen molar-refractivity contribution in [3.63, 3.8) is 0 Å². The van der Waals surface area contributed by atoms with Crippen LogP contribution in [0.3, 0.4) is 0 Å². The molecule has 0 spiro atoms. The molecule has 0 heterocycles. The van der Waals surface area contributed by atoms with E-state index in [0.29, 0.717) is 10.7 Å². The van der Waals surface area contributed by atoms with Gasteiger partial charge in [-0.3, -0.25) is 0 Å². The predicted molar refractivity (Wildman–Crippen MR) is 53.0 cm³/mol. The molecule has 0 bridgehead atoms. The second-order valence-electron chi connectivity index (χ2n) is 2.75. The summed E-state index contributed by atoms with van der Waals surface area (Å²) in [5.74, 6) is 0. The van der Waals surface area contributed by atoms with Gasteiger partial charge in [0.15, 0.2) is 0 Å². The number of benzene rings is 1. The molecule has 68 valence electrons. The number of hydrogen-bond donors (Lipinski definition) is 2. The number of halogens is 1. The topological polar surface area (TPSA) is 75.8 Å². The Labute approximate surface area is 81.9 Å². The number of anilines is 1. The SMILES string of the molecule is N#CC[C@@H](N)c1ccc(N)cc1Cl. The van der Waals surface area contributed by atoms with Crippen LogP contribution in [-0.2, 0) is 0 Å². The van der Waals surface area contributed by atoms with Crippen molar-refractivity contribution in [3.05, 3.63) is 28.8 Å². The lowest BCUT2D eigenvalue weighted by Crippen LogP contribution is -2.09. The van der Waals surface area contributed by atoms with Crippen LogP contribution in [0.1, 0.15) is 18.0 Å². The first-order valence-electron chi connectivity index (χ1n) is 3.82. The van der Waals surface area contributed by atoms with Crippen LogP contribution >= 0.6 is 11.6 Å². The maximum absolute atomic E-state index is 8.45. The fourth-order valence-electron chi connectivity index (χ4n) is 1.05. The molecule has 13 heavy (non-hydrogen) atoms. The number of hydrogen-bond acceptors (Lipinski definition) is 3. The average Bonchev–Trinajstić information content (AvgIpc) is 2.04. The zero-order valence-corrected chi connectivity index (χ0v) is 7.75. The van der Waals surface area contributed by atoms with Gasteiger partial charge < -0.3 is 11.5 Å². The molecular weight excluding hydrogens is 186 g/mol. The van der Waals surface area contributed by atoms with E-state index in [2.05, 4.69) is 0 Å². The van der Waals surface area contributed by atoms with E-state index < -0.39 is 0 Å². The van der Waals surface area contributed by atoms with E-state index >= 15 is 0 Å². The number of nitrogens with two attached hydrogens (primary N) is 2. The molecule has 1 atom stereocenters. The molecule has 0 aliphatic carbocycles. The van der Waals surface area contributed by atoms with Gasteiger partial charge in [0, 0.05) is 16.8 Å². The summed E-state index contributed by atoms with van der Waals surface area (Å²) in [4.78, 5) is 0.